The zero-order valence-corrected chi connectivity index (χ0v) is 16.8. The van der Waals surface area contributed by atoms with Crippen LogP contribution in [0, 0.1) is 0 Å². The monoisotopic (exact) mass is 326 g/mol. The van der Waals surface area contributed by atoms with E-state index in [2.05, 4.69) is 0 Å². The van der Waals surface area contributed by atoms with Gasteiger partial charge in [-0.2, -0.15) is 0 Å². The molecule has 0 spiro atoms. The molecule has 0 fully saturated rings. The van der Waals surface area contributed by atoms with E-state index < -0.39 is 18.1 Å². The fourth-order valence-electron chi connectivity index (χ4n) is 1.55. The van der Waals surface area contributed by atoms with Crippen molar-refractivity contribution >= 4 is 0 Å². The van der Waals surface area contributed by atoms with Gasteiger partial charge in [0.15, 0.2) is 0 Å². The van der Waals surface area contributed by atoms with Crippen LogP contribution in [0.15, 0.2) is 0 Å². The summed E-state index contributed by atoms with van der Waals surface area (Å²) in [5.74, 6) is 0. The van der Waals surface area contributed by atoms with Crippen molar-refractivity contribution in [1.29, 1.82) is 0 Å². The summed E-state index contributed by atoms with van der Waals surface area (Å²) in [7, 11) is 0. The summed E-state index contributed by atoms with van der Waals surface area (Å²) in [5, 5.41) is 0. The van der Waals surface area contributed by atoms with Gasteiger partial charge in [0.25, 0.3) is 0 Å². The van der Waals surface area contributed by atoms with Crippen molar-refractivity contribution in [1.82, 2.24) is 0 Å². The van der Waals surface area contributed by atoms with Crippen LogP contribution in [0.2, 0.25) is 0 Å². The van der Waals surface area contributed by atoms with Crippen LogP contribution in [-0.2, 0) is 31.4 Å². The van der Waals surface area contributed by atoms with Gasteiger partial charge in [-0.15, -0.1) is 0 Å². The van der Waals surface area contributed by atoms with Crippen molar-refractivity contribution in [3.8, 4) is 0 Å². The van der Waals surface area contributed by atoms with Gasteiger partial charge >= 0.3 is 130 Å². The van der Waals surface area contributed by atoms with Crippen LogP contribution in [0.5, 0.6) is 0 Å². The molecule has 4 nitrogen and oxygen atoms in total. The van der Waals surface area contributed by atoms with Crippen LogP contribution < -0.4 is 0 Å². The van der Waals surface area contributed by atoms with Crippen LogP contribution in [0.4, 0.5) is 0 Å². The van der Waals surface area contributed by atoms with Gasteiger partial charge in [0.1, 0.15) is 0 Å². The second-order valence-corrected chi connectivity index (χ2v) is 11.2. The first kappa shape index (κ1) is 20.6. The molecule has 0 saturated heterocycles. The third-order valence-corrected chi connectivity index (χ3v) is 6.90. The second kappa shape index (κ2) is 6.76. The number of rotatable bonds is 5. The normalized spacial score (nSPS) is 15.0. The van der Waals surface area contributed by atoms with E-state index >= 15 is 0 Å². The topological polar surface area (TPSA) is 36.9 Å². The van der Waals surface area contributed by atoms with Crippen molar-refractivity contribution in [2.24, 2.45) is 0 Å². The van der Waals surface area contributed by atoms with Crippen LogP contribution in [-0.4, -0.2) is 22.9 Å². The molecule has 0 aliphatic rings. The zero-order valence-electron chi connectivity index (χ0n) is 15.2. The standard InChI is InChI=1S/3C4H9O.C3H7O.Ti/c3*1-4(2,3)5;1-3(2)4;/h3*1-3H3;3H,1-2H3;/q4*-1;+4. The van der Waals surface area contributed by atoms with E-state index in [9.17, 15) is 0 Å². The number of hydrogen-bond donors (Lipinski definition) is 0. The van der Waals surface area contributed by atoms with Gasteiger partial charge in [-0.05, 0) is 0 Å². The molecular formula is C15H34O4Ti. The second-order valence-electron chi connectivity index (χ2n) is 8.31. The third-order valence-electron chi connectivity index (χ3n) is 1.67. The zero-order chi connectivity index (χ0) is 16.4. The summed E-state index contributed by atoms with van der Waals surface area (Å²) in [4.78, 5) is 0. The molecule has 0 bridgehead atoms. The van der Waals surface area contributed by atoms with Crippen molar-refractivity contribution in [3.63, 3.8) is 0 Å². The van der Waals surface area contributed by atoms with Gasteiger partial charge in [-0.25, -0.2) is 0 Å². The predicted octanol–water partition coefficient (Wildman–Crippen LogP) is 4.67. The van der Waals surface area contributed by atoms with Gasteiger partial charge in [0.05, 0.1) is 0 Å². The van der Waals surface area contributed by atoms with Crippen molar-refractivity contribution < 1.29 is 31.4 Å². The summed E-state index contributed by atoms with van der Waals surface area (Å²) in [6.45, 7) is 21.9. The van der Waals surface area contributed by atoms with Gasteiger partial charge in [-0.3, -0.25) is 0 Å². The van der Waals surface area contributed by atoms with E-state index in [0.29, 0.717) is 0 Å². The molecule has 0 saturated carbocycles. The van der Waals surface area contributed by atoms with E-state index in [-0.39, 0.29) is 22.9 Å². The molecule has 0 N–H and O–H groups in total. The molecule has 0 atom stereocenters. The first-order chi connectivity index (χ1) is 8.54. The molecule has 5 heteroatoms. The Bertz CT molecular complexity index is 254. The first-order valence-electron chi connectivity index (χ1n) is 7.32. The maximum atomic E-state index is 6.21. The molecular weight excluding hydrogens is 292 g/mol. The summed E-state index contributed by atoms with van der Waals surface area (Å²) >= 11 is -3.87. The SMILES string of the molecule is CC(C)[O][Ti]([O]C(C)(C)C)([O]C(C)(C)C)[O]C(C)(C)C. The summed E-state index contributed by atoms with van der Waals surface area (Å²) in [6, 6.07) is 0. The Morgan fingerprint density at radius 3 is 1.00 bits per heavy atom. The quantitative estimate of drug-likeness (QED) is 0.688. The van der Waals surface area contributed by atoms with E-state index in [1.165, 1.54) is 0 Å². The fraction of sp³-hybridized carbons (Fsp3) is 1.00. The Balaban J connectivity index is 5.50. The first-order valence-corrected chi connectivity index (χ1v) is 9.87. The van der Waals surface area contributed by atoms with E-state index in [4.69, 9.17) is 13.3 Å². The third kappa shape index (κ3) is 10.3. The predicted molar refractivity (Wildman–Crippen MR) is 78.7 cm³/mol. The molecule has 0 heterocycles. The summed E-state index contributed by atoms with van der Waals surface area (Å²) in [6.07, 6.45) is -0.0120. The van der Waals surface area contributed by atoms with Gasteiger partial charge in [0, 0.05) is 0 Å². The molecule has 0 amide bonds. The average Bonchev–Trinajstić information content (AvgIpc) is 1.86. The Morgan fingerprint density at radius 2 is 0.850 bits per heavy atom. The molecule has 0 unspecified atom stereocenters. The molecule has 0 aliphatic carbocycles. The fourth-order valence-corrected chi connectivity index (χ4v) is 6.38. The number of hydrogen-bond acceptors (Lipinski definition) is 4. The van der Waals surface area contributed by atoms with E-state index in [1.807, 2.05) is 76.2 Å². The molecule has 0 aromatic carbocycles. The molecule has 0 aromatic rings. The van der Waals surface area contributed by atoms with Gasteiger partial charge in [-0.1, -0.05) is 0 Å². The van der Waals surface area contributed by atoms with Crippen LogP contribution >= 0.6 is 0 Å². The van der Waals surface area contributed by atoms with Crippen LogP contribution in [0.1, 0.15) is 76.2 Å². The minimum absolute atomic E-state index is 0.0120. The Labute approximate surface area is 130 Å². The molecule has 0 radical (unpaired) electrons. The molecule has 0 aromatic heterocycles. The summed E-state index contributed by atoms with van der Waals surface area (Å²) < 4.78 is 24.7. The van der Waals surface area contributed by atoms with Crippen molar-refractivity contribution in [2.45, 2.75) is 99.1 Å². The molecule has 20 heavy (non-hydrogen) atoms. The molecule has 0 rings (SSSR count). The maximum absolute atomic E-state index is 6.21. The van der Waals surface area contributed by atoms with Gasteiger partial charge in [0.2, 0.25) is 0 Å². The molecule has 0 aliphatic heterocycles. The van der Waals surface area contributed by atoms with E-state index in [1.54, 1.807) is 0 Å². The van der Waals surface area contributed by atoms with Crippen molar-refractivity contribution in [3.05, 3.63) is 0 Å². The van der Waals surface area contributed by atoms with Crippen LogP contribution in [0.3, 0.4) is 0 Å². The van der Waals surface area contributed by atoms with E-state index in [0.717, 1.165) is 0 Å². The Morgan fingerprint density at radius 1 is 0.600 bits per heavy atom. The Hall–Kier alpha value is 0.554. The summed E-state index contributed by atoms with van der Waals surface area (Å²) in [5.41, 5.74) is -1.15. The van der Waals surface area contributed by atoms with Gasteiger partial charge < -0.3 is 0 Å². The average molecular weight is 326 g/mol. The Kier molecular flexibility index (Phi) is 6.95. The van der Waals surface area contributed by atoms with Crippen LogP contribution in [0.25, 0.3) is 0 Å². The minimum atomic E-state index is -3.87. The van der Waals surface area contributed by atoms with Crippen molar-refractivity contribution in [2.75, 3.05) is 0 Å². The molecule has 122 valence electrons.